The van der Waals surface area contributed by atoms with Crippen LogP contribution in [0.5, 0.6) is 0 Å². The normalized spacial score (nSPS) is 20.7. The molecule has 100 valence electrons. The molecule has 1 atom stereocenters. The Morgan fingerprint density at radius 2 is 2.39 bits per heavy atom. The number of nitrogens with two attached hydrogens (primary N) is 1. The van der Waals surface area contributed by atoms with Crippen LogP contribution in [0.15, 0.2) is 17.5 Å². The number of thiophene rings is 1. The van der Waals surface area contributed by atoms with Gasteiger partial charge in [0.2, 0.25) is 5.91 Å². The van der Waals surface area contributed by atoms with Gasteiger partial charge in [-0.05, 0) is 37.1 Å². The van der Waals surface area contributed by atoms with Gasteiger partial charge in [0.15, 0.2) is 0 Å². The van der Waals surface area contributed by atoms with Crippen LogP contribution >= 0.6 is 11.3 Å². The number of likely N-dealkylation sites (tertiary alicyclic amines) is 1. The van der Waals surface area contributed by atoms with Gasteiger partial charge in [-0.25, -0.2) is 0 Å². The zero-order valence-corrected chi connectivity index (χ0v) is 11.6. The molecule has 1 aromatic heterocycles. The van der Waals surface area contributed by atoms with Gasteiger partial charge in [0.05, 0.1) is 0 Å². The Kier molecular flexibility index (Phi) is 5.20. The lowest BCUT2D eigenvalue weighted by atomic mass is 10.1. The molecule has 2 heterocycles. The van der Waals surface area contributed by atoms with E-state index in [1.165, 1.54) is 4.88 Å². The summed E-state index contributed by atoms with van der Waals surface area (Å²) in [7, 11) is 0. The summed E-state index contributed by atoms with van der Waals surface area (Å²) >= 11 is 1.77. The predicted molar refractivity (Wildman–Crippen MR) is 75.7 cm³/mol. The third kappa shape index (κ3) is 4.10. The van der Waals surface area contributed by atoms with Gasteiger partial charge in [0, 0.05) is 30.4 Å². The van der Waals surface area contributed by atoms with E-state index in [9.17, 15) is 4.79 Å². The summed E-state index contributed by atoms with van der Waals surface area (Å²) in [5, 5.41) is 2.09. The Balaban J connectivity index is 1.73. The maximum atomic E-state index is 12.1. The van der Waals surface area contributed by atoms with E-state index in [-0.39, 0.29) is 11.9 Å². The minimum atomic E-state index is 0.175. The molecular formula is C14H22N2OS. The maximum Gasteiger partial charge on any atom is 0.222 e. The van der Waals surface area contributed by atoms with Crippen molar-refractivity contribution < 1.29 is 4.79 Å². The molecule has 1 fully saturated rings. The lowest BCUT2D eigenvalue weighted by Crippen LogP contribution is -2.39. The molecule has 1 saturated heterocycles. The Hall–Kier alpha value is -0.870. The number of rotatable bonds is 4. The monoisotopic (exact) mass is 266 g/mol. The number of hydrogen-bond acceptors (Lipinski definition) is 3. The van der Waals surface area contributed by atoms with Crippen molar-refractivity contribution in [1.29, 1.82) is 0 Å². The summed E-state index contributed by atoms with van der Waals surface area (Å²) in [5.74, 6) is 0.281. The molecule has 4 heteroatoms. The number of hydrogen-bond donors (Lipinski definition) is 1. The van der Waals surface area contributed by atoms with Crippen molar-refractivity contribution in [1.82, 2.24) is 4.90 Å². The molecule has 18 heavy (non-hydrogen) atoms. The first-order chi connectivity index (χ1) is 8.75. The van der Waals surface area contributed by atoms with Crippen molar-refractivity contribution in [2.24, 2.45) is 5.73 Å². The van der Waals surface area contributed by atoms with Crippen LogP contribution in [0, 0.1) is 0 Å². The Morgan fingerprint density at radius 3 is 3.17 bits per heavy atom. The number of carbonyl (C=O) groups is 1. The molecule has 0 aromatic carbocycles. The largest absolute Gasteiger partial charge is 0.341 e. The number of carbonyl (C=O) groups excluding carboxylic acids is 1. The molecule has 0 bridgehead atoms. The molecule has 0 saturated carbocycles. The summed E-state index contributed by atoms with van der Waals surface area (Å²) in [4.78, 5) is 15.4. The fraction of sp³-hybridized carbons (Fsp3) is 0.643. The second kappa shape index (κ2) is 6.90. The second-order valence-corrected chi connectivity index (χ2v) is 6.06. The van der Waals surface area contributed by atoms with Crippen molar-refractivity contribution >= 4 is 17.2 Å². The average Bonchev–Trinajstić information content (AvgIpc) is 2.77. The summed E-state index contributed by atoms with van der Waals surface area (Å²) in [6.45, 7) is 1.64. The third-order valence-corrected chi connectivity index (χ3v) is 4.39. The summed E-state index contributed by atoms with van der Waals surface area (Å²) < 4.78 is 0. The highest BCUT2D eigenvalue weighted by atomic mass is 32.1. The van der Waals surface area contributed by atoms with E-state index in [0.29, 0.717) is 6.42 Å². The van der Waals surface area contributed by atoms with Crippen molar-refractivity contribution in [2.45, 2.75) is 44.6 Å². The predicted octanol–water partition coefficient (Wildman–Crippen LogP) is 2.41. The molecule has 0 spiro atoms. The van der Waals surface area contributed by atoms with Crippen LogP contribution in [0.2, 0.25) is 0 Å². The van der Waals surface area contributed by atoms with E-state index in [2.05, 4.69) is 17.5 Å². The first kappa shape index (κ1) is 13.6. The molecule has 0 radical (unpaired) electrons. The first-order valence-electron chi connectivity index (χ1n) is 6.81. The fourth-order valence-corrected chi connectivity index (χ4v) is 3.18. The summed E-state index contributed by atoms with van der Waals surface area (Å²) in [5.41, 5.74) is 5.98. The van der Waals surface area contributed by atoms with Gasteiger partial charge in [-0.15, -0.1) is 11.3 Å². The quantitative estimate of drug-likeness (QED) is 0.909. The van der Waals surface area contributed by atoms with Gasteiger partial charge in [-0.1, -0.05) is 12.5 Å². The SMILES string of the molecule is NC1CCCCN(C(=O)CCCc2cccs2)C1. The minimum absolute atomic E-state index is 0.175. The number of nitrogens with zero attached hydrogens (tertiary/aromatic N) is 1. The fourth-order valence-electron chi connectivity index (χ4n) is 2.43. The van der Waals surface area contributed by atoms with Crippen molar-refractivity contribution in [2.75, 3.05) is 13.1 Å². The molecule has 1 aromatic rings. The molecule has 2 rings (SSSR count). The molecule has 1 amide bonds. The summed E-state index contributed by atoms with van der Waals surface area (Å²) in [6, 6.07) is 4.38. The lowest BCUT2D eigenvalue weighted by Gasteiger charge is -2.22. The van der Waals surface area contributed by atoms with Crippen molar-refractivity contribution in [3.63, 3.8) is 0 Å². The van der Waals surface area contributed by atoms with Gasteiger partial charge < -0.3 is 10.6 Å². The van der Waals surface area contributed by atoms with Gasteiger partial charge in [-0.3, -0.25) is 4.79 Å². The van der Waals surface area contributed by atoms with E-state index in [0.717, 1.165) is 45.2 Å². The zero-order chi connectivity index (χ0) is 12.8. The Bertz CT molecular complexity index is 364. The van der Waals surface area contributed by atoms with Gasteiger partial charge in [0.1, 0.15) is 0 Å². The van der Waals surface area contributed by atoms with E-state index in [1.807, 2.05) is 4.90 Å². The van der Waals surface area contributed by atoms with E-state index in [1.54, 1.807) is 11.3 Å². The lowest BCUT2D eigenvalue weighted by molar-refractivity contribution is -0.131. The minimum Gasteiger partial charge on any atom is -0.341 e. The highest BCUT2D eigenvalue weighted by Gasteiger charge is 2.19. The zero-order valence-electron chi connectivity index (χ0n) is 10.8. The highest BCUT2D eigenvalue weighted by Crippen LogP contribution is 2.14. The van der Waals surface area contributed by atoms with Crippen LogP contribution in [0.4, 0.5) is 0 Å². The smallest absolute Gasteiger partial charge is 0.222 e. The molecule has 0 aliphatic carbocycles. The van der Waals surface area contributed by atoms with Gasteiger partial charge in [0.25, 0.3) is 0 Å². The molecule has 1 aliphatic rings. The molecule has 1 aliphatic heterocycles. The van der Waals surface area contributed by atoms with Crippen LogP contribution in [-0.2, 0) is 11.2 Å². The maximum absolute atomic E-state index is 12.1. The highest BCUT2D eigenvalue weighted by molar-refractivity contribution is 7.09. The molecule has 3 nitrogen and oxygen atoms in total. The van der Waals surface area contributed by atoms with Crippen molar-refractivity contribution in [3.8, 4) is 0 Å². The second-order valence-electron chi connectivity index (χ2n) is 5.03. The van der Waals surface area contributed by atoms with Crippen molar-refractivity contribution in [3.05, 3.63) is 22.4 Å². The standard InChI is InChI=1S/C14H22N2OS/c15-12-5-1-2-9-16(11-12)14(17)8-3-6-13-7-4-10-18-13/h4,7,10,12H,1-3,5-6,8-9,11,15H2. The number of amides is 1. The Labute approximate surface area is 113 Å². The van der Waals surface area contributed by atoms with Crippen LogP contribution in [0.25, 0.3) is 0 Å². The number of aryl methyl sites for hydroxylation is 1. The van der Waals surface area contributed by atoms with E-state index in [4.69, 9.17) is 5.73 Å². The van der Waals surface area contributed by atoms with Crippen LogP contribution in [0.3, 0.4) is 0 Å². The van der Waals surface area contributed by atoms with Crippen LogP contribution in [-0.4, -0.2) is 29.9 Å². The van der Waals surface area contributed by atoms with Crippen LogP contribution in [0.1, 0.15) is 37.0 Å². The van der Waals surface area contributed by atoms with E-state index < -0.39 is 0 Å². The average molecular weight is 266 g/mol. The molecule has 1 unspecified atom stereocenters. The molecular weight excluding hydrogens is 244 g/mol. The van der Waals surface area contributed by atoms with Gasteiger partial charge in [-0.2, -0.15) is 0 Å². The topological polar surface area (TPSA) is 46.3 Å². The first-order valence-corrected chi connectivity index (χ1v) is 7.69. The Morgan fingerprint density at radius 1 is 1.50 bits per heavy atom. The van der Waals surface area contributed by atoms with E-state index >= 15 is 0 Å². The van der Waals surface area contributed by atoms with Crippen LogP contribution < -0.4 is 5.73 Å². The third-order valence-electron chi connectivity index (χ3n) is 3.45. The molecule has 2 N–H and O–H groups in total. The van der Waals surface area contributed by atoms with Gasteiger partial charge >= 0.3 is 0 Å². The summed E-state index contributed by atoms with van der Waals surface area (Å²) in [6.07, 6.45) is 5.93.